The number of aliphatic hydroxyl groups is 1. The van der Waals surface area contributed by atoms with Crippen LogP contribution >= 0.6 is 11.3 Å². The normalized spacial score (nSPS) is 20.8. The van der Waals surface area contributed by atoms with E-state index in [4.69, 9.17) is 14.0 Å². The minimum atomic E-state index is -0.804. The van der Waals surface area contributed by atoms with Crippen molar-refractivity contribution in [3.63, 3.8) is 0 Å². The lowest BCUT2D eigenvalue weighted by Crippen LogP contribution is -2.48. The Kier molecular flexibility index (Phi) is 13.0. The average Bonchev–Trinajstić information content (AvgIpc) is 4.15. The summed E-state index contributed by atoms with van der Waals surface area (Å²) in [6.07, 6.45) is 6.95. The van der Waals surface area contributed by atoms with E-state index in [-0.39, 0.29) is 48.9 Å². The van der Waals surface area contributed by atoms with Gasteiger partial charge in [-0.15, -0.1) is 11.3 Å². The predicted molar refractivity (Wildman–Crippen MR) is 263 cm³/mol. The maximum absolute atomic E-state index is 14.3. The second kappa shape index (κ2) is 19.4. The lowest BCUT2D eigenvalue weighted by atomic mass is 9.91. The van der Waals surface area contributed by atoms with Crippen molar-refractivity contribution in [3.8, 4) is 27.4 Å². The van der Waals surface area contributed by atoms with Crippen LogP contribution < -0.4 is 15.0 Å². The van der Waals surface area contributed by atoms with Crippen molar-refractivity contribution in [2.45, 2.75) is 83.3 Å². The summed E-state index contributed by atoms with van der Waals surface area (Å²) < 4.78 is 20.5. The number of carbonyl (C=O) groups excluding carboxylic acids is 2. The molecule has 354 valence electrons. The number of piperazine rings is 1. The number of β-amino-alcohol motifs (C(OH)–C–C–N with tert-alkyl or cyclic N) is 1. The predicted octanol–water partition coefficient (Wildman–Crippen LogP) is 7.54. The van der Waals surface area contributed by atoms with Gasteiger partial charge < -0.3 is 38.8 Å². The van der Waals surface area contributed by atoms with Crippen LogP contribution in [0, 0.1) is 12.8 Å². The second-order valence-corrected chi connectivity index (χ2v) is 19.8. The molecule has 7 aromatic rings. The van der Waals surface area contributed by atoms with Crippen molar-refractivity contribution < 1.29 is 28.7 Å². The minimum Gasteiger partial charge on any atom is -0.474 e. The molecule has 7 heterocycles. The standard InChI is InChI=1S/C52H59N9O6S/c1-31(2)49(52(64)61-29-38(62)23-45(61)51(63)56-32(3)34-6-8-35(9-7-34)50-33(4)55-30-68-50)46-26-47(57-67-46)60-18-16-59(17-19-60)20-21-65-39-24-40(25-39)66-48-13-11-37(27-54-48)36-10-12-41-42-28-53-15-14-43(42)58(5)44(41)22-36/h6-15,22,26-28,30-32,38-40,45,49,62H,16-21,23-25,29H2,1-5H3,(H,56,63)/t32-,38+,39-,40-,45-,49+/m0/s1. The molecule has 15 nitrogen and oxygen atoms in total. The molecule has 68 heavy (non-hydrogen) atoms. The van der Waals surface area contributed by atoms with Gasteiger partial charge >= 0.3 is 0 Å². The number of hydrogen-bond donors (Lipinski definition) is 2. The number of ether oxygens (including phenoxy) is 2. The molecule has 1 saturated carbocycles. The number of aromatic nitrogens is 5. The van der Waals surface area contributed by atoms with Crippen molar-refractivity contribution in [3.05, 3.63) is 108 Å². The smallest absolute Gasteiger partial charge is 0.243 e. The number of hydrogen-bond acceptors (Lipinski definition) is 13. The number of rotatable bonds is 15. The van der Waals surface area contributed by atoms with Crippen LogP contribution in [0.25, 0.3) is 43.4 Å². The highest BCUT2D eigenvalue weighted by atomic mass is 32.1. The zero-order valence-electron chi connectivity index (χ0n) is 39.2. The summed E-state index contributed by atoms with van der Waals surface area (Å²) in [4.78, 5) is 48.6. The van der Waals surface area contributed by atoms with Crippen LogP contribution in [0.4, 0.5) is 5.82 Å². The molecular weight excluding hydrogens is 879 g/mol. The molecule has 1 aliphatic carbocycles. The lowest BCUT2D eigenvalue weighted by Gasteiger charge is -2.37. The number of pyridine rings is 2. The van der Waals surface area contributed by atoms with E-state index in [2.05, 4.69) is 71.1 Å². The van der Waals surface area contributed by atoms with E-state index in [1.807, 2.05) is 94.3 Å². The molecule has 10 rings (SSSR count). The van der Waals surface area contributed by atoms with E-state index in [9.17, 15) is 14.7 Å². The molecule has 5 aromatic heterocycles. The van der Waals surface area contributed by atoms with E-state index in [0.717, 1.165) is 94.8 Å². The number of thiazole rings is 1. The van der Waals surface area contributed by atoms with Gasteiger partial charge in [-0.05, 0) is 54.7 Å². The first-order valence-electron chi connectivity index (χ1n) is 23.8. The Hall–Kier alpha value is -6.20. The monoisotopic (exact) mass is 937 g/mol. The lowest BCUT2D eigenvalue weighted by molar-refractivity contribution is -0.141. The van der Waals surface area contributed by atoms with Crippen LogP contribution in [-0.2, 0) is 21.4 Å². The number of aliphatic hydroxyl groups excluding tert-OH is 1. The third-order valence-electron chi connectivity index (χ3n) is 14.1. The summed E-state index contributed by atoms with van der Waals surface area (Å²) in [5.41, 5.74) is 9.32. The highest BCUT2D eigenvalue weighted by Gasteiger charge is 2.44. The van der Waals surface area contributed by atoms with Crippen molar-refractivity contribution >= 4 is 50.8 Å². The van der Waals surface area contributed by atoms with Crippen molar-refractivity contribution in [1.29, 1.82) is 0 Å². The first kappa shape index (κ1) is 45.6. The van der Waals surface area contributed by atoms with Gasteiger partial charge in [0.1, 0.15) is 18.1 Å². The molecule has 3 fully saturated rings. The van der Waals surface area contributed by atoms with Gasteiger partial charge in [0, 0.05) is 118 Å². The van der Waals surface area contributed by atoms with Crippen LogP contribution in [0.1, 0.15) is 69.0 Å². The SMILES string of the molecule is Cc1ncsc1-c1ccc([C@H](C)NC(=O)[C@@H]2C[C@@H](O)CN2C(=O)[C@@H](c2cc(N3CCN(CCO[C@H]4C[C@H](Oc5ccc(-c6ccc7c8cnccc8n(C)c7c6)cn5)C4)CC3)no2)C(C)C)cc1. The third kappa shape index (κ3) is 9.34. The molecule has 0 spiro atoms. The Bertz CT molecular complexity index is 2880. The molecule has 2 aliphatic heterocycles. The largest absolute Gasteiger partial charge is 0.474 e. The third-order valence-corrected chi connectivity index (χ3v) is 15.0. The van der Waals surface area contributed by atoms with Crippen molar-refractivity contribution in [2.75, 3.05) is 50.8 Å². The van der Waals surface area contributed by atoms with Gasteiger partial charge in [0.2, 0.25) is 17.7 Å². The molecule has 2 amide bonds. The molecule has 16 heteroatoms. The van der Waals surface area contributed by atoms with Gasteiger partial charge in [-0.25, -0.2) is 9.97 Å². The highest BCUT2D eigenvalue weighted by Crippen LogP contribution is 2.35. The number of nitrogens with zero attached hydrogens (tertiary/aromatic N) is 8. The first-order valence-corrected chi connectivity index (χ1v) is 24.7. The molecule has 0 radical (unpaired) electrons. The van der Waals surface area contributed by atoms with Crippen LogP contribution in [0.3, 0.4) is 0 Å². The molecule has 3 aliphatic rings. The first-order chi connectivity index (χ1) is 33.0. The summed E-state index contributed by atoms with van der Waals surface area (Å²) >= 11 is 1.60. The average molecular weight is 938 g/mol. The Morgan fingerprint density at radius 2 is 1.66 bits per heavy atom. The van der Waals surface area contributed by atoms with Gasteiger partial charge in [0.15, 0.2) is 11.6 Å². The minimum absolute atomic E-state index is 0.0794. The summed E-state index contributed by atoms with van der Waals surface area (Å²) in [5.74, 6) is 0.449. The molecule has 2 aromatic carbocycles. The number of benzene rings is 2. The zero-order valence-corrected chi connectivity index (χ0v) is 40.1. The number of nitrogens with one attached hydrogen (secondary N) is 1. The van der Waals surface area contributed by atoms with Gasteiger partial charge in [-0.1, -0.05) is 55.4 Å². The summed E-state index contributed by atoms with van der Waals surface area (Å²) in [6, 6.07) is 21.4. The van der Waals surface area contributed by atoms with Gasteiger partial charge in [-0.3, -0.25) is 19.5 Å². The second-order valence-electron chi connectivity index (χ2n) is 18.9. The topological polar surface area (TPSA) is 164 Å². The van der Waals surface area contributed by atoms with Crippen LogP contribution in [0.2, 0.25) is 0 Å². The van der Waals surface area contributed by atoms with Crippen LogP contribution in [0.15, 0.2) is 95.4 Å². The van der Waals surface area contributed by atoms with E-state index in [0.29, 0.717) is 24.1 Å². The summed E-state index contributed by atoms with van der Waals surface area (Å²) in [7, 11) is 2.09. The van der Waals surface area contributed by atoms with Gasteiger partial charge in [-0.2, -0.15) is 0 Å². The molecule has 0 unspecified atom stereocenters. The Morgan fingerprint density at radius 3 is 2.40 bits per heavy atom. The number of anilines is 1. The van der Waals surface area contributed by atoms with E-state index < -0.39 is 18.1 Å². The Labute approximate surface area is 400 Å². The van der Waals surface area contributed by atoms with Crippen LogP contribution in [-0.4, -0.2) is 122 Å². The molecule has 0 bridgehead atoms. The summed E-state index contributed by atoms with van der Waals surface area (Å²) in [5, 5.41) is 20.6. The fraction of sp³-hybridized carbons (Fsp3) is 0.423. The van der Waals surface area contributed by atoms with E-state index in [1.165, 1.54) is 10.3 Å². The van der Waals surface area contributed by atoms with Crippen molar-refractivity contribution in [2.24, 2.45) is 13.0 Å². The van der Waals surface area contributed by atoms with Gasteiger partial charge in [0.25, 0.3) is 0 Å². The van der Waals surface area contributed by atoms with E-state index >= 15 is 0 Å². The van der Waals surface area contributed by atoms with E-state index in [1.54, 1.807) is 11.3 Å². The molecule has 4 atom stereocenters. The fourth-order valence-electron chi connectivity index (χ4n) is 10.0. The summed E-state index contributed by atoms with van der Waals surface area (Å²) in [6.45, 7) is 12.6. The zero-order chi connectivity index (χ0) is 47.1. The van der Waals surface area contributed by atoms with Crippen molar-refractivity contribution in [1.82, 2.24) is 39.8 Å². The maximum atomic E-state index is 14.3. The molecule has 2 saturated heterocycles. The number of aryl methyl sites for hydroxylation is 2. The maximum Gasteiger partial charge on any atom is 0.243 e. The number of fused-ring (bicyclic) bond motifs is 3. The Morgan fingerprint density at radius 1 is 0.882 bits per heavy atom. The highest BCUT2D eigenvalue weighted by molar-refractivity contribution is 7.13. The Balaban J connectivity index is 0.661. The van der Waals surface area contributed by atoms with Gasteiger partial charge in [0.05, 0.1) is 46.5 Å². The molecular formula is C52H59N9O6S. The number of amides is 2. The fourth-order valence-corrected chi connectivity index (χ4v) is 10.8. The number of carbonyl (C=O) groups is 2. The quantitative estimate of drug-likeness (QED) is 0.104. The van der Waals surface area contributed by atoms with Crippen LogP contribution in [0.5, 0.6) is 5.88 Å². The number of likely N-dealkylation sites (tertiary alicyclic amines) is 1. The molecule has 2 N–H and O–H groups in total.